The summed E-state index contributed by atoms with van der Waals surface area (Å²) in [6.07, 6.45) is 4.91. The average molecular weight is 454 g/mol. The topological polar surface area (TPSA) is 101 Å². The molecule has 0 aromatic carbocycles. The molecule has 1 aromatic heterocycles. The van der Waals surface area contributed by atoms with Gasteiger partial charge in [-0.15, -0.1) is 0 Å². The van der Waals surface area contributed by atoms with Gasteiger partial charge in [0.1, 0.15) is 11.9 Å². The van der Waals surface area contributed by atoms with E-state index in [4.69, 9.17) is 0 Å². The number of pyridine rings is 1. The lowest BCUT2D eigenvalue weighted by molar-refractivity contribution is -0.0452. The summed E-state index contributed by atoms with van der Waals surface area (Å²) < 4.78 is 75.0. The Morgan fingerprint density at radius 1 is 1.20 bits per heavy atom. The zero-order valence-electron chi connectivity index (χ0n) is 16.7. The van der Waals surface area contributed by atoms with E-state index in [1.54, 1.807) is 4.72 Å². The van der Waals surface area contributed by atoms with Crippen LogP contribution in [-0.2, 0) is 10.0 Å². The van der Waals surface area contributed by atoms with Gasteiger partial charge < -0.3 is 5.32 Å². The molecule has 1 aliphatic rings. The summed E-state index contributed by atoms with van der Waals surface area (Å²) in [5.74, 6) is -0.365. The summed E-state index contributed by atoms with van der Waals surface area (Å²) in [6.45, 7) is 4.04. The Bertz CT molecular complexity index is 825. The van der Waals surface area contributed by atoms with E-state index >= 15 is 0 Å². The van der Waals surface area contributed by atoms with Crippen molar-refractivity contribution in [1.29, 1.82) is 0 Å². The van der Waals surface area contributed by atoms with Crippen molar-refractivity contribution < 1.29 is 26.0 Å². The lowest BCUT2D eigenvalue weighted by Gasteiger charge is -2.35. The Morgan fingerprint density at radius 2 is 1.83 bits per heavy atom. The molecule has 2 rings (SSSR count). The minimum absolute atomic E-state index is 0.183. The predicted molar refractivity (Wildman–Crippen MR) is 103 cm³/mol. The average Bonchev–Trinajstić information content (AvgIpc) is 2.62. The SMILES string of the molecule is CC(C)(CC1CCC(NS(=O)(=O)C(F)(F)F)CC1)NC[C@H](N=O)c1cncc(F)c1. The Labute approximate surface area is 173 Å². The Kier molecular flexibility index (Phi) is 7.91. The quantitative estimate of drug-likeness (QED) is 0.437. The highest BCUT2D eigenvalue weighted by Crippen LogP contribution is 2.32. The molecule has 1 heterocycles. The first-order valence-electron chi connectivity index (χ1n) is 9.59. The van der Waals surface area contributed by atoms with Crippen LogP contribution in [0.1, 0.15) is 57.6 Å². The van der Waals surface area contributed by atoms with Crippen LogP contribution in [0.4, 0.5) is 17.6 Å². The first kappa shape index (κ1) is 24.6. The number of hydrogen-bond donors (Lipinski definition) is 2. The molecule has 7 nitrogen and oxygen atoms in total. The minimum atomic E-state index is -5.33. The van der Waals surface area contributed by atoms with E-state index in [0.717, 1.165) is 6.20 Å². The number of nitrogens with zero attached hydrogens (tertiary/aromatic N) is 2. The van der Waals surface area contributed by atoms with Crippen LogP contribution in [0.2, 0.25) is 0 Å². The fourth-order valence-electron chi connectivity index (χ4n) is 3.76. The highest BCUT2D eigenvalue weighted by Gasteiger charge is 2.47. The zero-order chi connectivity index (χ0) is 22.6. The standard InChI is InChI=1S/C18H26F4N4O3S/c1-17(2,24-11-16(25-27)13-7-14(19)10-23-9-13)8-12-3-5-15(6-4-12)26-30(28,29)18(20,21)22/h7,9-10,12,15-16,24,26H,3-6,8,11H2,1-2H3/t12?,15?,16-/m0/s1. The van der Waals surface area contributed by atoms with E-state index in [0.29, 0.717) is 37.7 Å². The maximum absolute atomic E-state index is 13.3. The maximum Gasteiger partial charge on any atom is 0.511 e. The van der Waals surface area contributed by atoms with E-state index in [1.807, 2.05) is 13.8 Å². The summed E-state index contributed by atoms with van der Waals surface area (Å²) in [5.41, 5.74) is -5.35. The van der Waals surface area contributed by atoms with Crippen LogP contribution in [0.15, 0.2) is 23.6 Å². The molecule has 1 aliphatic carbocycles. The van der Waals surface area contributed by atoms with Gasteiger partial charge in [-0.05, 0) is 57.9 Å². The third-order valence-electron chi connectivity index (χ3n) is 5.28. The zero-order valence-corrected chi connectivity index (χ0v) is 17.6. The van der Waals surface area contributed by atoms with Gasteiger partial charge in [-0.25, -0.2) is 17.5 Å². The van der Waals surface area contributed by atoms with Crippen molar-refractivity contribution in [3.8, 4) is 0 Å². The van der Waals surface area contributed by atoms with Crippen molar-refractivity contribution in [3.63, 3.8) is 0 Å². The fraction of sp³-hybridized carbons (Fsp3) is 0.722. The second kappa shape index (κ2) is 9.65. The van der Waals surface area contributed by atoms with Gasteiger partial charge in [-0.2, -0.15) is 18.1 Å². The lowest BCUT2D eigenvalue weighted by Crippen LogP contribution is -2.46. The maximum atomic E-state index is 13.3. The number of nitrogens with one attached hydrogen (secondary N) is 2. The van der Waals surface area contributed by atoms with Gasteiger partial charge in [0.05, 0.1) is 6.20 Å². The molecule has 30 heavy (non-hydrogen) atoms. The highest BCUT2D eigenvalue weighted by molar-refractivity contribution is 7.90. The van der Waals surface area contributed by atoms with Crippen LogP contribution in [0.3, 0.4) is 0 Å². The van der Waals surface area contributed by atoms with Crippen molar-refractivity contribution in [2.24, 2.45) is 11.1 Å². The van der Waals surface area contributed by atoms with E-state index in [1.165, 1.54) is 12.3 Å². The molecule has 0 aliphatic heterocycles. The number of halogens is 4. The molecule has 0 unspecified atom stereocenters. The van der Waals surface area contributed by atoms with Crippen LogP contribution >= 0.6 is 0 Å². The first-order chi connectivity index (χ1) is 13.8. The molecule has 170 valence electrons. The van der Waals surface area contributed by atoms with Crippen molar-refractivity contribution in [2.45, 2.75) is 69.1 Å². The summed E-state index contributed by atoms with van der Waals surface area (Å²) in [6, 6.07) is -0.329. The van der Waals surface area contributed by atoms with Gasteiger partial charge in [0.15, 0.2) is 0 Å². The van der Waals surface area contributed by atoms with Gasteiger partial charge in [-0.1, -0.05) is 5.18 Å². The first-order valence-corrected chi connectivity index (χ1v) is 11.1. The molecule has 0 saturated heterocycles. The van der Waals surface area contributed by atoms with E-state index < -0.39 is 39.0 Å². The summed E-state index contributed by atoms with van der Waals surface area (Å²) in [4.78, 5) is 14.9. The Morgan fingerprint density at radius 3 is 2.37 bits per heavy atom. The van der Waals surface area contributed by atoms with Crippen molar-refractivity contribution in [1.82, 2.24) is 15.0 Å². The number of rotatable bonds is 9. The largest absolute Gasteiger partial charge is 0.511 e. The molecule has 1 saturated carbocycles. The van der Waals surface area contributed by atoms with Crippen LogP contribution < -0.4 is 10.0 Å². The second-order valence-corrected chi connectivity index (χ2v) is 10.0. The van der Waals surface area contributed by atoms with E-state index in [9.17, 15) is 30.9 Å². The minimum Gasteiger partial charge on any atom is -0.309 e. The van der Waals surface area contributed by atoms with Crippen LogP contribution in [-0.4, -0.2) is 37.0 Å². The molecule has 2 N–H and O–H groups in total. The van der Waals surface area contributed by atoms with Gasteiger partial charge in [-0.3, -0.25) is 4.98 Å². The molecular weight excluding hydrogens is 428 g/mol. The Hall–Kier alpha value is -1.66. The molecule has 1 atom stereocenters. The molecule has 1 fully saturated rings. The van der Waals surface area contributed by atoms with Gasteiger partial charge in [0, 0.05) is 29.9 Å². The molecular formula is C18H26F4N4O3S. The van der Waals surface area contributed by atoms with Gasteiger partial charge >= 0.3 is 15.5 Å². The van der Waals surface area contributed by atoms with Gasteiger partial charge in [0.25, 0.3) is 0 Å². The number of hydrogen-bond acceptors (Lipinski definition) is 6. The molecule has 0 spiro atoms. The van der Waals surface area contributed by atoms with Crippen molar-refractivity contribution in [3.05, 3.63) is 34.7 Å². The second-order valence-electron chi connectivity index (χ2n) is 8.31. The van der Waals surface area contributed by atoms with Crippen LogP contribution in [0.5, 0.6) is 0 Å². The number of nitroso groups, excluding NO2 is 1. The van der Waals surface area contributed by atoms with Crippen LogP contribution in [0, 0.1) is 16.6 Å². The van der Waals surface area contributed by atoms with Gasteiger partial charge in [0.2, 0.25) is 0 Å². The Balaban J connectivity index is 1.84. The highest BCUT2D eigenvalue weighted by atomic mass is 32.2. The smallest absolute Gasteiger partial charge is 0.309 e. The van der Waals surface area contributed by atoms with Crippen LogP contribution in [0.25, 0.3) is 0 Å². The lowest BCUT2D eigenvalue weighted by atomic mass is 9.79. The van der Waals surface area contributed by atoms with Crippen molar-refractivity contribution in [2.75, 3.05) is 6.54 Å². The van der Waals surface area contributed by atoms with E-state index in [-0.39, 0.29) is 12.5 Å². The fourth-order valence-corrected chi connectivity index (χ4v) is 4.57. The van der Waals surface area contributed by atoms with E-state index in [2.05, 4.69) is 15.5 Å². The third kappa shape index (κ3) is 6.95. The number of aromatic nitrogens is 1. The molecule has 12 heteroatoms. The molecule has 0 bridgehead atoms. The summed E-state index contributed by atoms with van der Waals surface area (Å²) in [7, 11) is -5.33. The number of alkyl halides is 3. The monoisotopic (exact) mass is 454 g/mol. The summed E-state index contributed by atoms with van der Waals surface area (Å²) >= 11 is 0. The van der Waals surface area contributed by atoms with Crippen molar-refractivity contribution >= 4 is 10.0 Å². The predicted octanol–water partition coefficient (Wildman–Crippen LogP) is 3.78. The molecule has 0 radical (unpaired) electrons. The molecule has 0 amide bonds. The molecule has 1 aromatic rings. The summed E-state index contributed by atoms with van der Waals surface area (Å²) in [5, 5.41) is 6.28. The number of sulfonamides is 1. The third-order valence-corrected chi connectivity index (χ3v) is 6.54. The normalized spacial score (nSPS) is 21.9.